The Labute approximate surface area is 125 Å². The maximum absolute atomic E-state index is 12.6. The quantitative estimate of drug-likeness (QED) is 0.792. The van der Waals surface area contributed by atoms with E-state index in [1.54, 1.807) is 20.9 Å². The zero-order valence-electron chi connectivity index (χ0n) is 13.3. The van der Waals surface area contributed by atoms with Gasteiger partial charge in [-0.1, -0.05) is 13.3 Å². The third-order valence-electron chi connectivity index (χ3n) is 3.46. The summed E-state index contributed by atoms with van der Waals surface area (Å²) in [6.07, 6.45) is 0.983. The number of hydrogen-bond donors (Lipinski definition) is 1. The molecule has 1 N–H and O–H groups in total. The van der Waals surface area contributed by atoms with Gasteiger partial charge in [0.15, 0.2) is 0 Å². The van der Waals surface area contributed by atoms with E-state index in [0.717, 1.165) is 0 Å². The van der Waals surface area contributed by atoms with E-state index in [1.165, 1.54) is 18.7 Å². The largest absolute Gasteiger partial charge is 0.468 e. The summed E-state index contributed by atoms with van der Waals surface area (Å²) >= 11 is 0. The molecule has 0 amide bonds. The summed E-state index contributed by atoms with van der Waals surface area (Å²) in [6, 6.07) is 0. The van der Waals surface area contributed by atoms with Gasteiger partial charge in [-0.3, -0.25) is 9.48 Å². The molecule has 120 valence electrons. The van der Waals surface area contributed by atoms with Crippen molar-refractivity contribution < 1.29 is 17.9 Å². The minimum absolute atomic E-state index is 0.108. The first-order valence-electron chi connectivity index (χ1n) is 6.71. The van der Waals surface area contributed by atoms with Crippen molar-refractivity contribution >= 4 is 16.0 Å². The molecule has 21 heavy (non-hydrogen) atoms. The normalized spacial score (nSPS) is 14.8. The van der Waals surface area contributed by atoms with Crippen molar-refractivity contribution in [2.75, 3.05) is 7.11 Å². The summed E-state index contributed by atoms with van der Waals surface area (Å²) in [6.45, 7) is 6.69. The van der Waals surface area contributed by atoms with E-state index in [0.29, 0.717) is 24.2 Å². The number of carbonyl (C=O) groups is 1. The van der Waals surface area contributed by atoms with Crippen LogP contribution in [0.5, 0.6) is 0 Å². The molecule has 1 atom stereocenters. The number of aromatic nitrogens is 2. The highest BCUT2D eigenvalue weighted by Gasteiger charge is 2.39. The number of rotatable bonds is 6. The maximum atomic E-state index is 12.6. The van der Waals surface area contributed by atoms with Crippen LogP contribution in [0.4, 0.5) is 0 Å². The van der Waals surface area contributed by atoms with Crippen LogP contribution in [0.25, 0.3) is 0 Å². The SMILES string of the molecule is CCCC(C)(NS(=O)(=O)c1c(C)nn(C)c1C)C(=O)OC. The van der Waals surface area contributed by atoms with Gasteiger partial charge in [0.05, 0.1) is 18.5 Å². The van der Waals surface area contributed by atoms with Crippen LogP contribution in [0.1, 0.15) is 38.1 Å². The van der Waals surface area contributed by atoms with Gasteiger partial charge in [-0.15, -0.1) is 0 Å². The van der Waals surface area contributed by atoms with E-state index in [1.807, 2.05) is 6.92 Å². The zero-order chi connectivity index (χ0) is 16.4. The zero-order valence-corrected chi connectivity index (χ0v) is 14.2. The van der Waals surface area contributed by atoms with Crippen LogP contribution in [0, 0.1) is 13.8 Å². The van der Waals surface area contributed by atoms with E-state index in [9.17, 15) is 13.2 Å². The van der Waals surface area contributed by atoms with Crippen LogP contribution < -0.4 is 4.72 Å². The van der Waals surface area contributed by atoms with Gasteiger partial charge >= 0.3 is 5.97 Å². The van der Waals surface area contributed by atoms with E-state index in [4.69, 9.17) is 4.74 Å². The number of aryl methyl sites for hydroxylation is 2. The Bertz CT molecular complexity index is 636. The van der Waals surface area contributed by atoms with E-state index in [2.05, 4.69) is 9.82 Å². The smallest absolute Gasteiger partial charge is 0.326 e. The average molecular weight is 317 g/mol. The van der Waals surface area contributed by atoms with Crippen LogP contribution in [-0.4, -0.2) is 36.8 Å². The minimum Gasteiger partial charge on any atom is -0.468 e. The number of sulfonamides is 1. The van der Waals surface area contributed by atoms with Gasteiger partial charge in [-0.2, -0.15) is 9.82 Å². The van der Waals surface area contributed by atoms with Crippen LogP contribution in [0.15, 0.2) is 4.90 Å². The molecule has 1 rings (SSSR count). The summed E-state index contributed by atoms with van der Waals surface area (Å²) in [5.41, 5.74) is -0.383. The molecule has 1 aromatic rings. The molecule has 0 aliphatic carbocycles. The van der Waals surface area contributed by atoms with Crippen molar-refractivity contribution in [3.63, 3.8) is 0 Å². The topological polar surface area (TPSA) is 90.3 Å². The van der Waals surface area contributed by atoms with Crippen molar-refractivity contribution in [1.82, 2.24) is 14.5 Å². The fourth-order valence-corrected chi connectivity index (χ4v) is 4.24. The van der Waals surface area contributed by atoms with Gasteiger partial charge in [0, 0.05) is 7.05 Å². The molecule has 0 saturated carbocycles. The van der Waals surface area contributed by atoms with Crippen molar-refractivity contribution in [3.05, 3.63) is 11.4 Å². The Morgan fingerprint density at radius 1 is 1.43 bits per heavy atom. The highest BCUT2D eigenvalue weighted by molar-refractivity contribution is 7.89. The van der Waals surface area contributed by atoms with E-state index >= 15 is 0 Å². The van der Waals surface area contributed by atoms with E-state index in [-0.39, 0.29) is 4.90 Å². The van der Waals surface area contributed by atoms with Crippen LogP contribution in [-0.2, 0) is 26.6 Å². The standard InChI is InChI=1S/C13H23N3O4S/c1-7-8-13(4,12(17)20-6)15-21(18,19)11-9(2)14-16(5)10(11)3/h15H,7-8H2,1-6H3. The summed E-state index contributed by atoms with van der Waals surface area (Å²) in [5.74, 6) is -0.605. The number of esters is 1. The molecule has 1 unspecified atom stereocenters. The number of carbonyl (C=O) groups excluding carboxylic acids is 1. The van der Waals surface area contributed by atoms with E-state index < -0.39 is 21.5 Å². The van der Waals surface area contributed by atoms with Gasteiger partial charge in [0.25, 0.3) is 0 Å². The molecule has 0 aromatic carbocycles. The number of nitrogens with zero attached hydrogens (tertiary/aromatic N) is 2. The molecule has 0 spiro atoms. The van der Waals surface area contributed by atoms with Crippen molar-refractivity contribution in [2.45, 2.75) is 51.0 Å². The molecule has 0 saturated heterocycles. The molecule has 1 aromatic heterocycles. The Morgan fingerprint density at radius 3 is 2.38 bits per heavy atom. The summed E-state index contributed by atoms with van der Waals surface area (Å²) < 4.78 is 34.0. The monoisotopic (exact) mass is 317 g/mol. The molecule has 0 aliphatic rings. The minimum atomic E-state index is -3.87. The number of methoxy groups -OCH3 is 1. The van der Waals surface area contributed by atoms with Crippen LogP contribution >= 0.6 is 0 Å². The lowest BCUT2D eigenvalue weighted by Crippen LogP contribution is -2.52. The fourth-order valence-electron chi connectivity index (χ4n) is 2.41. The predicted molar refractivity (Wildman–Crippen MR) is 78.3 cm³/mol. The molecule has 8 heteroatoms. The van der Waals surface area contributed by atoms with Crippen molar-refractivity contribution in [1.29, 1.82) is 0 Å². The Kier molecular flexibility index (Phi) is 5.16. The predicted octanol–water partition coefficient (Wildman–Crippen LogP) is 1.05. The number of hydrogen-bond acceptors (Lipinski definition) is 5. The first-order valence-corrected chi connectivity index (χ1v) is 8.20. The molecular weight excluding hydrogens is 294 g/mol. The van der Waals surface area contributed by atoms with Crippen molar-refractivity contribution in [3.8, 4) is 0 Å². The third kappa shape index (κ3) is 3.44. The Balaban J connectivity index is 3.27. The molecule has 7 nitrogen and oxygen atoms in total. The van der Waals surface area contributed by atoms with Gasteiger partial charge < -0.3 is 4.74 Å². The van der Waals surface area contributed by atoms with Gasteiger partial charge in [0.2, 0.25) is 10.0 Å². The molecule has 0 bridgehead atoms. The molecular formula is C13H23N3O4S. The molecule has 1 heterocycles. The Hall–Kier alpha value is -1.41. The first-order chi connectivity index (χ1) is 9.59. The fraction of sp³-hybridized carbons (Fsp3) is 0.692. The van der Waals surface area contributed by atoms with Gasteiger partial charge in [-0.25, -0.2) is 8.42 Å². The van der Waals surface area contributed by atoms with Gasteiger partial charge in [0.1, 0.15) is 10.4 Å². The molecule has 0 aliphatic heterocycles. The second-order valence-electron chi connectivity index (χ2n) is 5.30. The first kappa shape index (κ1) is 17.6. The summed E-state index contributed by atoms with van der Waals surface area (Å²) in [5, 5.41) is 4.10. The molecule has 0 radical (unpaired) electrons. The lowest BCUT2D eigenvalue weighted by molar-refractivity contribution is -0.147. The second-order valence-corrected chi connectivity index (χ2v) is 6.92. The highest BCUT2D eigenvalue weighted by atomic mass is 32.2. The number of nitrogens with one attached hydrogen (secondary N) is 1. The highest BCUT2D eigenvalue weighted by Crippen LogP contribution is 2.23. The lowest BCUT2D eigenvalue weighted by Gasteiger charge is -2.27. The van der Waals surface area contributed by atoms with Crippen molar-refractivity contribution in [2.24, 2.45) is 7.05 Å². The third-order valence-corrected chi connectivity index (χ3v) is 5.30. The van der Waals surface area contributed by atoms with Crippen LogP contribution in [0.3, 0.4) is 0 Å². The molecule has 0 fully saturated rings. The summed E-state index contributed by atoms with van der Waals surface area (Å²) in [4.78, 5) is 12.0. The Morgan fingerprint density at radius 2 is 2.00 bits per heavy atom. The average Bonchev–Trinajstić information content (AvgIpc) is 2.62. The van der Waals surface area contributed by atoms with Gasteiger partial charge in [-0.05, 0) is 27.2 Å². The summed E-state index contributed by atoms with van der Waals surface area (Å²) in [7, 11) is -0.955. The number of ether oxygens (including phenoxy) is 1. The van der Waals surface area contributed by atoms with Crippen LogP contribution in [0.2, 0.25) is 0 Å². The maximum Gasteiger partial charge on any atom is 0.326 e. The lowest BCUT2D eigenvalue weighted by atomic mass is 9.98. The second kappa shape index (κ2) is 6.15.